The number of aliphatic hydroxyl groups is 5. The van der Waals surface area contributed by atoms with E-state index >= 15 is 0 Å². The minimum Gasteiger partial charge on any atom is -0.459 e. The number of hydrogen-bond acceptors (Lipinski definition) is 35. The Morgan fingerprint density at radius 2 is 0.607 bits per heavy atom. The van der Waals surface area contributed by atoms with Crippen LogP contribution in [0.3, 0.4) is 0 Å². The average molecular weight is 1940 g/mol. The molecule has 17 rings (SSSR count). The van der Waals surface area contributed by atoms with Crippen LogP contribution >= 0.6 is 0 Å². The van der Waals surface area contributed by atoms with Gasteiger partial charge in [0.25, 0.3) is 0 Å². The van der Waals surface area contributed by atoms with Crippen molar-refractivity contribution in [3.05, 3.63) is 323 Å². The lowest BCUT2D eigenvalue weighted by atomic mass is 9.93. The van der Waals surface area contributed by atoms with Crippen LogP contribution in [0.4, 0.5) is 0 Å². The molecular weight excluding hydrogens is 1820 g/mol. The summed E-state index contributed by atoms with van der Waals surface area (Å²) in [5, 5.41) is 54.9. The predicted octanol–water partition coefficient (Wildman–Crippen LogP) is 8.91. The van der Waals surface area contributed by atoms with E-state index in [0.717, 1.165) is 16.7 Å². The summed E-state index contributed by atoms with van der Waals surface area (Å²) in [6, 6.07) is 77.8. The van der Waals surface area contributed by atoms with E-state index in [4.69, 9.17) is 118 Å². The van der Waals surface area contributed by atoms with Gasteiger partial charge in [-0.25, -0.2) is 24.0 Å². The fourth-order valence-electron chi connectivity index (χ4n) is 18.3. The Kier molecular flexibility index (Phi) is 36.0. The maximum Gasteiger partial charge on any atom is 0.338 e. The monoisotopic (exact) mass is 1940 g/mol. The van der Waals surface area contributed by atoms with Gasteiger partial charge in [-0.2, -0.15) is 0 Å². The number of ether oxygens (including phenoxy) is 25. The smallest absolute Gasteiger partial charge is 0.338 e. The molecule has 32 atom stereocenters. The van der Waals surface area contributed by atoms with E-state index in [1.54, 1.807) is 127 Å². The second-order valence-corrected chi connectivity index (χ2v) is 34.5. The van der Waals surface area contributed by atoms with Crippen molar-refractivity contribution < 1.29 is 168 Å². The molecule has 8 fully saturated rings. The SMILES string of the molecule is COC1[C@H](C)OC(COCc2ccccc2)[C@@H](O[C@@H]2O[C@@H](CO)[C@@H](O[C@H]3O[C@H]4COC(c5ccccc5)O[C@H]4C(O)C3O)C(O)C2O)[C@@H]1OC.COC1[C@H](C)OC(COCc2ccccc2)[C@@H](O[C@@H]2O[C@@H](COC(=O)c3ccccc3)[C@@H](O[C@H]3O[C@H]4COC(c5ccccc5)O[C@H]4C(OC(=O)c4ccccc4)C3OC(=O)c3ccccc3)C(OC(=O)c3ccccc3)C2OC(=O)c2ccccc2)[C@@H]1OC. The predicted molar refractivity (Wildman–Crippen MR) is 489 cm³/mol. The summed E-state index contributed by atoms with van der Waals surface area (Å²) in [6.45, 7) is 2.71. The molecule has 8 aliphatic rings. The number of methoxy groups -OCH3 is 4. The second kappa shape index (κ2) is 49.3. The van der Waals surface area contributed by atoms with Crippen LogP contribution in [-0.2, 0) is 132 Å². The lowest BCUT2D eigenvalue weighted by Crippen LogP contribution is -2.69. The maximum atomic E-state index is 15.0. The molecule has 0 aromatic heterocycles. The van der Waals surface area contributed by atoms with Crippen LogP contribution in [-0.4, -0.2) is 307 Å². The van der Waals surface area contributed by atoms with Crippen molar-refractivity contribution in [1.82, 2.24) is 0 Å². The molecule has 14 unspecified atom stereocenters. The summed E-state index contributed by atoms with van der Waals surface area (Å²) >= 11 is 0. The molecule has 8 aliphatic heterocycles. The van der Waals surface area contributed by atoms with Gasteiger partial charge in [0.1, 0.15) is 129 Å². The standard InChI is InChI=1S/C70H68O20.C35H48O15/c1-43-54(76-2)58(77-3)55(51(81-43)40-78-39-44-25-11-4-12-26-44)89-69-62(87-67(75)49-35-21-9-22-36-49)60(85-65(73)47-31-17-7-18-32-47)57(52(82-69)41-79-63(71)45-27-13-5-14-28-45)90-70-61(86-66(74)48-33-19-8-20-34-48)59(84-64(72)46-29-15-6-16-30-46)56-53(83-70)42-80-68(88-56)50-37-23-10-24-38-50;1-18-28(41-2)32(42-3)31(22(45-18)16-43-15-19-10-6-4-7-11-19)50-34-26(39)24(37)29(21(14-36)46-34)49-35-27(40)25(38)30-23(47-35)17-44-33(48-30)20-12-8-5-9-13-20/h4-38,43,51-62,68-70H,39-42H2,1-3H3;4-13,18,21-40H,14-17H2,1-3H3/t43-,51?,52-,53-,54?,55+,56+,57+,58+,59?,60?,61?,62?,68?,69-,70+;18-,21-,22?,23-,24?,25?,26?,27?,28?,29+,30+,31+,32+,33?,34-,35+/m00/s1. The van der Waals surface area contributed by atoms with Gasteiger partial charge in [-0.3, -0.25) is 0 Å². The molecule has 0 spiro atoms. The summed E-state index contributed by atoms with van der Waals surface area (Å²) in [4.78, 5) is 73.1. The molecule has 746 valence electrons. The first-order valence-electron chi connectivity index (χ1n) is 46.4. The lowest BCUT2D eigenvalue weighted by Gasteiger charge is -2.51. The average Bonchev–Trinajstić information content (AvgIpc) is 0.755. The Morgan fingerprint density at radius 3 is 1.03 bits per heavy atom. The molecular formula is C105H116O35. The minimum atomic E-state index is -1.84. The van der Waals surface area contributed by atoms with Crippen molar-refractivity contribution in [2.45, 2.75) is 224 Å². The van der Waals surface area contributed by atoms with E-state index in [-0.39, 0.29) is 60.9 Å². The third kappa shape index (κ3) is 24.8. The molecule has 0 bridgehead atoms. The van der Waals surface area contributed by atoms with Gasteiger partial charge in [0.15, 0.2) is 62.2 Å². The third-order valence-electron chi connectivity index (χ3n) is 25.3. The number of aliphatic hydroxyl groups excluding tert-OH is 5. The van der Waals surface area contributed by atoms with Crippen LogP contribution in [0, 0.1) is 0 Å². The van der Waals surface area contributed by atoms with Crippen molar-refractivity contribution in [3.8, 4) is 0 Å². The highest BCUT2D eigenvalue weighted by Crippen LogP contribution is 2.44. The van der Waals surface area contributed by atoms with E-state index < -0.39 is 240 Å². The van der Waals surface area contributed by atoms with Gasteiger partial charge in [0, 0.05) is 39.6 Å². The number of carbonyl (C=O) groups excluding carboxylic acids is 5. The van der Waals surface area contributed by atoms with Crippen LogP contribution in [0.25, 0.3) is 0 Å². The van der Waals surface area contributed by atoms with E-state index in [2.05, 4.69) is 0 Å². The van der Waals surface area contributed by atoms with Gasteiger partial charge < -0.3 is 144 Å². The van der Waals surface area contributed by atoms with Gasteiger partial charge in [-0.15, -0.1) is 0 Å². The molecule has 8 heterocycles. The van der Waals surface area contributed by atoms with E-state index in [1.165, 1.54) is 64.8 Å². The topological polar surface area (TPSA) is 417 Å². The van der Waals surface area contributed by atoms with E-state index in [1.807, 2.05) is 123 Å². The molecule has 9 aromatic rings. The lowest BCUT2D eigenvalue weighted by molar-refractivity contribution is -0.391. The number of fused-ring (bicyclic) bond motifs is 2. The largest absolute Gasteiger partial charge is 0.459 e. The summed E-state index contributed by atoms with van der Waals surface area (Å²) in [6.07, 6.45) is -39.5. The van der Waals surface area contributed by atoms with Crippen LogP contribution in [0.15, 0.2) is 273 Å². The fourth-order valence-corrected chi connectivity index (χ4v) is 18.3. The van der Waals surface area contributed by atoms with Gasteiger partial charge in [0.05, 0.1) is 86.3 Å². The summed E-state index contributed by atoms with van der Waals surface area (Å²) < 4.78 is 158. The zero-order chi connectivity index (χ0) is 97.7. The summed E-state index contributed by atoms with van der Waals surface area (Å²) in [7, 11) is 6.00. The molecule has 0 radical (unpaired) electrons. The van der Waals surface area contributed by atoms with Gasteiger partial charge in [-0.1, -0.05) is 212 Å². The number of rotatable bonds is 34. The van der Waals surface area contributed by atoms with E-state index in [0.29, 0.717) is 12.2 Å². The van der Waals surface area contributed by atoms with Crippen molar-refractivity contribution >= 4 is 29.8 Å². The zero-order valence-electron chi connectivity index (χ0n) is 77.6. The van der Waals surface area contributed by atoms with Gasteiger partial charge in [0.2, 0.25) is 0 Å². The van der Waals surface area contributed by atoms with Crippen LogP contribution < -0.4 is 0 Å². The third-order valence-corrected chi connectivity index (χ3v) is 25.3. The fraction of sp³-hybridized carbons (Fsp3) is 0.438. The highest BCUT2D eigenvalue weighted by atomic mass is 16.8. The molecule has 35 nitrogen and oxygen atoms in total. The molecule has 0 aliphatic carbocycles. The van der Waals surface area contributed by atoms with Crippen molar-refractivity contribution in [2.24, 2.45) is 0 Å². The van der Waals surface area contributed by atoms with Gasteiger partial charge in [-0.05, 0) is 85.6 Å². The first kappa shape index (κ1) is 102. The quantitative estimate of drug-likeness (QED) is 0.0185. The Bertz CT molecular complexity index is 5310. The maximum absolute atomic E-state index is 15.0. The Balaban J connectivity index is 0.000000238. The molecule has 0 amide bonds. The summed E-state index contributed by atoms with van der Waals surface area (Å²) in [5.74, 6) is -4.34. The highest BCUT2D eigenvalue weighted by Gasteiger charge is 2.62. The van der Waals surface area contributed by atoms with Crippen molar-refractivity contribution in [1.29, 1.82) is 0 Å². The molecule has 0 saturated carbocycles. The first-order chi connectivity index (χ1) is 68.3. The minimum absolute atomic E-state index is 0.0149. The van der Waals surface area contributed by atoms with Crippen LogP contribution in [0.5, 0.6) is 0 Å². The normalized spacial score (nSPS) is 33.1. The number of carbonyl (C=O) groups is 5. The van der Waals surface area contributed by atoms with Gasteiger partial charge >= 0.3 is 29.8 Å². The number of benzene rings is 9. The Hall–Kier alpha value is -10.7. The Morgan fingerprint density at radius 1 is 0.293 bits per heavy atom. The zero-order valence-corrected chi connectivity index (χ0v) is 77.6. The van der Waals surface area contributed by atoms with Crippen LogP contribution in [0.1, 0.15) is 100 Å². The molecule has 9 aromatic carbocycles. The van der Waals surface area contributed by atoms with E-state index in [9.17, 15) is 49.5 Å². The molecule has 35 heteroatoms. The Labute approximate surface area is 808 Å². The molecule has 140 heavy (non-hydrogen) atoms. The van der Waals surface area contributed by atoms with Crippen molar-refractivity contribution in [3.63, 3.8) is 0 Å². The van der Waals surface area contributed by atoms with Crippen molar-refractivity contribution in [2.75, 3.05) is 68.1 Å². The molecule has 8 saturated heterocycles. The number of hydrogen-bond donors (Lipinski definition) is 5. The number of esters is 5. The van der Waals surface area contributed by atoms with Crippen LogP contribution in [0.2, 0.25) is 0 Å². The second-order valence-electron chi connectivity index (χ2n) is 34.5. The summed E-state index contributed by atoms with van der Waals surface area (Å²) in [5.41, 5.74) is 3.78. The highest BCUT2D eigenvalue weighted by molar-refractivity contribution is 5.92. The molecule has 5 N–H and O–H groups in total. The first-order valence-corrected chi connectivity index (χ1v) is 46.4.